The molecule has 8 nitrogen and oxygen atoms in total. The molecule has 3 aliphatic heterocycles. The minimum Gasteiger partial charge on any atom is -0.271 e. The van der Waals surface area contributed by atoms with E-state index >= 15 is 0 Å². The molecule has 1 spiro atoms. The molecule has 2 saturated carbocycles. The zero-order valence-electron chi connectivity index (χ0n) is 22.0. The van der Waals surface area contributed by atoms with E-state index in [1.807, 2.05) is 37.3 Å². The van der Waals surface area contributed by atoms with E-state index in [0.717, 1.165) is 27.7 Å². The molecule has 2 bridgehead atoms. The number of hydrazine groups is 1. The van der Waals surface area contributed by atoms with Crippen LogP contribution in [0.1, 0.15) is 73.2 Å². The Morgan fingerprint density at radius 2 is 1.47 bits per heavy atom. The number of imide groups is 1. The highest BCUT2D eigenvalue weighted by atomic mass is 32.2. The van der Waals surface area contributed by atoms with Crippen molar-refractivity contribution in [2.45, 2.75) is 64.1 Å². The number of nitrogens with zero attached hydrogens (tertiary/aromatic N) is 3. The van der Waals surface area contributed by atoms with Crippen LogP contribution in [0.15, 0.2) is 54.6 Å². The largest absolute Gasteiger partial charge is 0.276 e. The van der Waals surface area contributed by atoms with Crippen LogP contribution in [0.25, 0.3) is 0 Å². The van der Waals surface area contributed by atoms with E-state index in [4.69, 9.17) is 0 Å². The van der Waals surface area contributed by atoms with Crippen molar-refractivity contribution in [1.82, 2.24) is 14.3 Å². The van der Waals surface area contributed by atoms with Crippen LogP contribution in [-0.4, -0.2) is 57.8 Å². The normalized spacial score (nSPS) is 39.4. The molecule has 2 aromatic carbocycles. The summed E-state index contributed by atoms with van der Waals surface area (Å²) in [6.07, 6.45) is 2.41. The highest BCUT2D eigenvalue weighted by molar-refractivity contribution is 7.90. The van der Waals surface area contributed by atoms with Crippen molar-refractivity contribution in [3.63, 3.8) is 0 Å². The molecule has 1 unspecified atom stereocenters. The molecule has 2 saturated heterocycles. The van der Waals surface area contributed by atoms with Gasteiger partial charge in [0.15, 0.2) is 0 Å². The van der Waals surface area contributed by atoms with Crippen LogP contribution in [-0.2, 0) is 20.4 Å². The first-order chi connectivity index (χ1) is 17.8. The van der Waals surface area contributed by atoms with Gasteiger partial charge in [-0.2, -0.15) is 10.0 Å². The lowest BCUT2D eigenvalue weighted by Gasteiger charge is -2.37. The van der Waals surface area contributed by atoms with Crippen molar-refractivity contribution < 1.29 is 22.8 Å². The van der Waals surface area contributed by atoms with E-state index in [1.165, 1.54) is 5.01 Å². The zero-order valence-corrected chi connectivity index (χ0v) is 22.8. The van der Waals surface area contributed by atoms with Crippen LogP contribution < -0.4 is 0 Å². The Morgan fingerprint density at radius 3 is 2.05 bits per heavy atom. The molecule has 198 valence electrons. The van der Waals surface area contributed by atoms with Gasteiger partial charge >= 0.3 is 0 Å². The molecular formula is C29H31N3O5S. The van der Waals surface area contributed by atoms with Gasteiger partial charge < -0.3 is 0 Å². The molecule has 0 N–H and O–H groups in total. The lowest BCUT2D eigenvalue weighted by atomic mass is 9.69. The summed E-state index contributed by atoms with van der Waals surface area (Å²) in [5.41, 5.74) is -1.96. The van der Waals surface area contributed by atoms with Gasteiger partial charge in [-0.1, -0.05) is 56.3 Å². The molecule has 7 rings (SSSR count). The maximum absolute atomic E-state index is 14.7. The smallest absolute Gasteiger partial charge is 0.271 e. The minimum atomic E-state index is -3.89. The topological polar surface area (TPSA) is 94.8 Å². The Hall–Kier alpha value is -3.04. The number of amides is 3. The standard InChI is InChI=1S/C29H31N3O5S/c1-26(2)19-14-15-29(26)17-38(36,37)31(22(29)16-19)25(35)28(4)27(3,18-10-6-5-7-11-18)32(28)30-23(33)20-12-8-9-13-21(20)24(30)34/h5-13,19,22H,14-17H2,1-4H3/t19-,22-,27+,28+,29-,32?/m1/s1. The fourth-order valence-corrected chi connectivity index (χ4v) is 11.2. The van der Waals surface area contributed by atoms with Gasteiger partial charge in [0.1, 0.15) is 5.54 Å². The van der Waals surface area contributed by atoms with Crippen LogP contribution in [0.3, 0.4) is 0 Å². The number of rotatable bonds is 3. The Kier molecular flexibility index (Phi) is 4.38. The first-order valence-electron chi connectivity index (χ1n) is 13.2. The van der Waals surface area contributed by atoms with Crippen LogP contribution in [0.2, 0.25) is 0 Å². The molecule has 9 heteroatoms. The second-order valence-electron chi connectivity index (χ2n) is 12.5. The number of sulfonamides is 1. The lowest BCUT2D eigenvalue weighted by Crippen LogP contribution is -2.51. The van der Waals surface area contributed by atoms with Gasteiger partial charge in [0.05, 0.1) is 28.5 Å². The first kappa shape index (κ1) is 24.0. The van der Waals surface area contributed by atoms with Crippen LogP contribution in [0.5, 0.6) is 0 Å². The van der Waals surface area contributed by atoms with E-state index in [0.29, 0.717) is 12.3 Å². The van der Waals surface area contributed by atoms with Gasteiger partial charge in [-0.25, -0.2) is 12.7 Å². The third kappa shape index (κ3) is 2.42. The molecular weight excluding hydrogens is 502 g/mol. The number of benzene rings is 2. The van der Waals surface area contributed by atoms with Crippen molar-refractivity contribution in [3.8, 4) is 0 Å². The average Bonchev–Trinajstić information content (AvgIpc) is 3.12. The van der Waals surface area contributed by atoms with Gasteiger partial charge in [-0.15, -0.1) is 0 Å². The van der Waals surface area contributed by atoms with Crippen LogP contribution >= 0.6 is 0 Å². The van der Waals surface area contributed by atoms with Crippen LogP contribution in [0, 0.1) is 16.7 Å². The monoisotopic (exact) mass is 533 g/mol. The molecule has 4 fully saturated rings. The Labute approximate surface area is 222 Å². The quantitative estimate of drug-likeness (QED) is 0.442. The predicted octanol–water partition coefficient (Wildman–Crippen LogP) is 3.55. The van der Waals surface area contributed by atoms with Crippen molar-refractivity contribution in [3.05, 3.63) is 71.3 Å². The van der Waals surface area contributed by atoms with E-state index in [2.05, 4.69) is 13.8 Å². The maximum atomic E-state index is 14.7. The highest BCUT2D eigenvalue weighted by Crippen LogP contribution is 2.71. The maximum Gasteiger partial charge on any atom is 0.276 e. The van der Waals surface area contributed by atoms with Gasteiger partial charge in [0.25, 0.3) is 17.7 Å². The Bertz CT molecular complexity index is 1520. The van der Waals surface area contributed by atoms with Crippen LogP contribution in [0.4, 0.5) is 0 Å². The second kappa shape index (κ2) is 6.93. The Morgan fingerprint density at radius 1 is 0.895 bits per heavy atom. The SMILES string of the molecule is CC1(C)[C@@H]2CC[C@]13CS(=O)(=O)N(C(=O)[C@]1(C)N(N4C(=O)c5ccccc5C4=O)[C@@]1(C)c1ccccc1)[C@@H]3C2. The lowest BCUT2D eigenvalue weighted by molar-refractivity contribution is -0.133. The third-order valence-corrected chi connectivity index (χ3v) is 13.0. The summed E-state index contributed by atoms with van der Waals surface area (Å²) in [5, 5.41) is 2.57. The summed E-state index contributed by atoms with van der Waals surface area (Å²) in [4.78, 5) is 41.8. The molecule has 3 heterocycles. The summed E-state index contributed by atoms with van der Waals surface area (Å²) in [6.45, 7) is 7.77. The van der Waals surface area contributed by atoms with E-state index in [1.54, 1.807) is 31.2 Å². The summed E-state index contributed by atoms with van der Waals surface area (Å²) >= 11 is 0. The number of fused-ring (bicyclic) bond motifs is 2. The predicted molar refractivity (Wildman–Crippen MR) is 139 cm³/mol. The number of hydrogen-bond acceptors (Lipinski definition) is 6. The average molecular weight is 534 g/mol. The third-order valence-electron chi connectivity index (χ3n) is 11.1. The molecule has 6 atom stereocenters. The first-order valence-corrected chi connectivity index (χ1v) is 14.8. The molecule has 0 radical (unpaired) electrons. The molecule has 5 aliphatic rings. The van der Waals surface area contributed by atoms with Gasteiger partial charge in [-0.05, 0) is 62.1 Å². The van der Waals surface area contributed by atoms with Crippen molar-refractivity contribution in [2.24, 2.45) is 16.7 Å². The highest BCUT2D eigenvalue weighted by Gasteiger charge is 2.82. The summed E-state index contributed by atoms with van der Waals surface area (Å²) in [5.74, 6) is -1.26. The molecule has 3 amide bonds. The van der Waals surface area contributed by atoms with E-state index in [9.17, 15) is 22.8 Å². The Balaban J connectivity index is 1.36. The van der Waals surface area contributed by atoms with E-state index < -0.39 is 50.3 Å². The van der Waals surface area contributed by atoms with Crippen molar-refractivity contribution >= 4 is 27.7 Å². The number of carbonyl (C=O) groups excluding carboxylic acids is 3. The van der Waals surface area contributed by atoms with Gasteiger partial charge in [-0.3, -0.25) is 14.4 Å². The van der Waals surface area contributed by atoms with Gasteiger partial charge in [0, 0.05) is 5.41 Å². The van der Waals surface area contributed by atoms with Crippen molar-refractivity contribution in [2.75, 3.05) is 5.75 Å². The van der Waals surface area contributed by atoms with Gasteiger partial charge in [0.2, 0.25) is 10.0 Å². The van der Waals surface area contributed by atoms with Crippen molar-refractivity contribution in [1.29, 1.82) is 0 Å². The summed E-state index contributed by atoms with van der Waals surface area (Å²) < 4.78 is 28.7. The molecule has 38 heavy (non-hydrogen) atoms. The second-order valence-corrected chi connectivity index (χ2v) is 14.4. The van der Waals surface area contributed by atoms with E-state index in [-0.39, 0.29) is 22.3 Å². The number of carbonyl (C=O) groups is 3. The fraction of sp³-hybridized carbons (Fsp3) is 0.483. The zero-order chi connectivity index (χ0) is 27.0. The molecule has 0 aromatic heterocycles. The molecule has 2 aliphatic carbocycles. The molecule has 2 aromatic rings. The summed E-state index contributed by atoms with van der Waals surface area (Å²) in [7, 11) is -3.89. The summed E-state index contributed by atoms with van der Waals surface area (Å²) in [6, 6.07) is 15.4. The minimum absolute atomic E-state index is 0.0367. The number of hydrogen-bond donors (Lipinski definition) is 0. The fourth-order valence-electron chi connectivity index (χ4n) is 8.59.